The Morgan fingerprint density at radius 1 is 0.792 bits per heavy atom. The summed E-state index contributed by atoms with van der Waals surface area (Å²) in [6.45, 7) is -1.56. The lowest BCUT2D eigenvalue weighted by atomic mass is 10.2. The van der Waals surface area contributed by atoms with E-state index in [1.54, 1.807) is 0 Å². The zero-order valence-electron chi connectivity index (χ0n) is 12.9. The summed E-state index contributed by atoms with van der Waals surface area (Å²) in [6.07, 6.45) is -14.8. The van der Waals surface area contributed by atoms with E-state index in [4.69, 9.17) is 10.2 Å². The van der Waals surface area contributed by atoms with Crippen LogP contribution in [0.15, 0.2) is 24.3 Å². The summed E-state index contributed by atoms with van der Waals surface area (Å²) in [7, 11) is 2.56. The fourth-order valence-corrected chi connectivity index (χ4v) is 2.03. The fraction of sp³-hybridized carbons (Fsp3) is 0.571. The van der Waals surface area contributed by atoms with Crippen LogP contribution in [-0.2, 0) is 0 Å². The van der Waals surface area contributed by atoms with Gasteiger partial charge in [-0.15, -0.1) is 0 Å². The van der Waals surface area contributed by atoms with Crippen LogP contribution in [-0.4, -0.2) is 62.0 Å². The number of para-hydroxylation sites is 2. The molecule has 0 heterocycles. The van der Waals surface area contributed by atoms with Crippen LogP contribution < -0.4 is 9.80 Å². The number of nitrogens with zero attached hydrogens (tertiary/aromatic N) is 2. The normalized spacial score (nSPS) is 15.1. The Kier molecular flexibility index (Phi) is 6.34. The van der Waals surface area contributed by atoms with E-state index in [0.29, 0.717) is 0 Å². The molecule has 24 heavy (non-hydrogen) atoms. The Bertz CT molecular complexity index is 488. The van der Waals surface area contributed by atoms with Gasteiger partial charge in [-0.3, -0.25) is 0 Å². The molecule has 0 unspecified atom stereocenters. The van der Waals surface area contributed by atoms with Crippen LogP contribution in [0.1, 0.15) is 0 Å². The molecule has 0 bridgehead atoms. The highest BCUT2D eigenvalue weighted by molar-refractivity contribution is 5.70. The molecule has 1 rings (SSSR count). The monoisotopic (exact) mass is 360 g/mol. The van der Waals surface area contributed by atoms with E-state index in [-0.39, 0.29) is 11.4 Å². The number of benzene rings is 1. The number of aliphatic hydroxyl groups excluding tert-OH is 2. The van der Waals surface area contributed by atoms with Gasteiger partial charge in [-0.2, -0.15) is 26.3 Å². The van der Waals surface area contributed by atoms with Gasteiger partial charge in [-0.1, -0.05) is 12.1 Å². The summed E-state index contributed by atoms with van der Waals surface area (Å²) >= 11 is 0. The Morgan fingerprint density at radius 2 is 1.08 bits per heavy atom. The van der Waals surface area contributed by atoms with Gasteiger partial charge in [-0.05, 0) is 12.1 Å². The second kappa shape index (κ2) is 7.47. The standard InChI is InChI=1S/C14H18F6N2O2/c1-21(7-11(23)13(15,16)17)9-5-3-4-6-10(9)22(2)8-12(24)14(18,19)20/h3-6,11-12,23-24H,7-8H2,1-2H3/t11-,12-/m0/s1. The third-order valence-corrected chi connectivity index (χ3v) is 3.35. The molecular weight excluding hydrogens is 342 g/mol. The topological polar surface area (TPSA) is 46.9 Å². The lowest BCUT2D eigenvalue weighted by molar-refractivity contribution is -0.200. The maximum Gasteiger partial charge on any atom is 0.416 e. The number of hydrogen-bond acceptors (Lipinski definition) is 4. The lowest BCUT2D eigenvalue weighted by Crippen LogP contribution is -2.41. The number of halogens is 6. The molecule has 0 aliphatic carbocycles. The minimum Gasteiger partial charge on any atom is -0.382 e. The zero-order valence-corrected chi connectivity index (χ0v) is 12.9. The largest absolute Gasteiger partial charge is 0.416 e. The molecule has 0 amide bonds. The maximum absolute atomic E-state index is 12.4. The highest BCUT2D eigenvalue weighted by Crippen LogP contribution is 2.31. The van der Waals surface area contributed by atoms with Gasteiger partial charge >= 0.3 is 12.4 Å². The Hall–Kier alpha value is -1.68. The molecule has 0 saturated heterocycles. The van der Waals surface area contributed by atoms with Crippen molar-refractivity contribution >= 4 is 11.4 Å². The van der Waals surface area contributed by atoms with Crippen LogP contribution in [0.25, 0.3) is 0 Å². The van der Waals surface area contributed by atoms with E-state index in [1.165, 1.54) is 38.4 Å². The highest BCUT2D eigenvalue weighted by atomic mass is 19.4. The van der Waals surface area contributed by atoms with Crippen molar-refractivity contribution in [1.82, 2.24) is 0 Å². The van der Waals surface area contributed by atoms with Crippen molar-refractivity contribution in [2.45, 2.75) is 24.6 Å². The molecule has 0 aromatic heterocycles. The predicted molar refractivity (Wildman–Crippen MR) is 77.1 cm³/mol. The molecule has 10 heteroatoms. The molecule has 1 aromatic rings. The number of hydrogen-bond donors (Lipinski definition) is 2. The molecule has 1 aromatic carbocycles. The summed E-state index contributed by atoms with van der Waals surface area (Å²) in [5.74, 6) is 0. The number of anilines is 2. The maximum atomic E-state index is 12.4. The zero-order chi connectivity index (χ0) is 18.7. The highest BCUT2D eigenvalue weighted by Gasteiger charge is 2.40. The van der Waals surface area contributed by atoms with Crippen molar-refractivity contribution in [3.05, 3.63) is 24.3 Å². The third kappa shape index (κ3) is 5.45. The molecule has 2 atom stereocenters. The van der Waals surface area contributed by atoms with Gasteiger partial charge in [0.1, 0.15) is 0 Å². The van der Waals surface area contributed by atoms with E-state index in [1.807, 2.05) is 0 Å². The van der Waals surface area contributed by atoms with Gasteiger partial charge in [0, 0.05) is 14.1 Å². The molecule has 0 radical (unpaired) electrons. The number of aliphatic hydroxyl groups is 2. The number of rotatable bonds is 6. The van der Waals surface area contributed by atoms with Gasteiger partial charge in [0.25, 0.3) is 0 Å². The van der Waals surface area contributed by atoms with Crippen molar-refractivity contribution < 1.29 is 36.6 Å². The minimum atomic E-state index is -4.80. The molecule has 0 saturated carbocycles. The van der Waals surface area contributed by atoms with Gasteiger partial charge in [-0.25, -0.2) is 0 Å². The molecular formula is C14H18F6N2O2. The summed E-state index contributed by atoms with van der Waals surface area (Å²) in [5.41, 5.74) is 0.385. The Balaban J connectivity index is 2.95. The van der Waals surface area contributed by atoms with Crippen LogP contribution >= 0.6 is 0 Å². The average molecular weight is 360 g/mol. The first-order valence-electron chi connectivity index (χ1n) is 6.85. The van der Waals surface area contributed by atoms with E-state index in [2.05, 4.69) is 0 Å². The van der Waals surface area contributed by atoms with Gasteiger partial charge in [0.15, 0.2) is 12.2 Å². The first-order chi connectivity index (χ1) is 10.8. The van der Waals surface area contributed by atoms with E-state index in [9.17, 15) is 26.3 Å². The van der Waals surface area contributed by atoms with E-state index >= 15 is 0 Å². The number of likely N-dealkylation sites (N-methyl/N-ethyl adjacent to an activating group) is 2. The average Bonchev–Trinajstić information content (AvgIpc) is 2.45. The minimum absolute atomic E-state index is 0.192. The second-order valence-electron chi connectivity index (χ2n) is 5.36. The van der Waals surface area contributed by atoms with Crippen molar-refractivity contribution in [2.24, 2.45) is 0 Å². The fourth-order valence-electron chi connectivity index (χ4n) is 2.03. The molecule has 0 aliphatic rings. The first kappa shape index (κ1) is 20.4. The van der Waals surface area contributed by atoms with E-state index < -0.39 is 37.7 Å². The Morgan fingerprint density at radius 3 is 1.33 bits per heavy atom. The summed E-state index contributed by atoms with van der Waals surface area (Å²) in [5, 5.41) is 18.3. The van der Waals surface area contributed by atoms with Crippen molar-refractivity contribution in [1.29, 1.82) is 0 Å². The third-order valence-electron chi connectivity index (χ3n) is 3.35. The molecule has 2 N–H and O–H groups in total. The quantitative estimate of drug-likeness (QED) is 0.765. The molecule has 0 fully saturated rings. The SMILES string of the molecule is CN(C[C@H](O)C(F)(F)F)c1ccccc1N(C)C[C@H](O)C(F)(F)F. The first-order valence-corrected chi connectivity index (χ1v) is 6.85. The molecule has 138 valence electrons. The predicted octanol–water partition coefficient (Wildman–Crippen LogP) is 2.41. The van der Waals surface area contributed by atoms with Crippen molar-refractivity contribution in [3.63, 3.8) is 0 Å². The van der Waals surface area contributed by atoms with Crippen molar-refractivity contribution in [2.75, 3.05) is 37.0 Å². The van der Waals surface area contributed by atoms with E-state index in [0.717, 1.165) is 9.80 Å². The van der Waals surface area contributed by atoms with Crippen molar-refractivity contribution in [3.8, 4) is 0 Å². The summed E-state index contributed by atoms with van der Waals surface area (Å²) in [4.78, 5) is 2.17. The molecule has 0 aliphatic heterocycles. The van der Waals surface area contributed by atoms with Gasteiger partial charge < -0.3 is 20.0 Å². The van der Waals surface area contributed by atoms with Crippen LogP contribution in [0.4, 0.5) is 37.7 Å². The molecule has 4 nitrogen and oxygen atoms in total. The molecule has 0 spiro atoms. The Labute approximate surface area is 134 Å². The summed E-state index contributed by atoms with van der Waals surface area (Å²) in [6, 6.07) is 5.83. The van der Waals surface area contributed by atoms with Gasteiger partial charge in [0.05, 0.1) is 24.5 Å². The smallest absolute Gasteiger partial charge is 0.382 e. The van der Waals surface area contributed by atoms with Crippen LogP contribution in [0, 0.1) is 0 Å². The van der Waals surface area contributed by atoms with Gasteiger partial charge in [0.2, 0.25) is 0 Å². The second-order valence-corrected chi connectivity index (χ2v) is 5.36. The lowest BCUT2D eigenvalue weighted by Gasteiger charge is -2.31. The summed E-state index contributed by atoms with van der Waals surface area (Å²) < 4.78 is 74.7. The number of alkyl halides is 6. The van der Waals surface area contributed by atoms with Crippen LogP contribution in [0.3, 0.4) is 0 Å². The van der Waals surface area contributed by atoms with Crippen LogP contribution in [0.5, 0.6) is 0 Å². The van der Waals surface area contributed by atoms with Crippen LogP contribution in [0.2, 0.25) is 0 Å².